The van der Waals surface area contributed by atoms with E-state index in [2.05, 4.69) is 5.32 Å². The highest BCUT2D eigenvalue weighted by Gasteiger charge is 2.26. The summed E-state index contributed by atoms with van der Waals surface area (Å²) in [5, 5.41) is 2.75. The minimum atomic E-state index is -3.57. The Kier molecular flexibility index (Phi) is 5.26. The number of benzene rings is 2. The first-order chi connectivity index (χ1) is 12.4. The van der Waals surface area contributed by atoms with Crippen LogP contribution >= 0.6 is 0 Å². The lowest BCUT2D eigenvalue weighted by molar-refractivity contribution is 0.0730. The fourth-order valence-corrected chi connectivity index (χ4v) is 4.04. The number of hydrogen-bond acceptors (Lipinski definition) is 5. The molecule has 7 nitrogen and oxygen atoms in total. The van der Waals surface area contributed by atoms with Crippen molar-refractivity contribution >= 4 is 27.3 Å². The fourth-order valence-electron chi connectivity index (χ4n) is 2.64. The van der Waals surface area contributed by atoms with Crippen LogP contribution in [0.25, 0.3) is 0 Å². The van der Waals surface area contributed by atoms with Gasteiger partial charge in [-0.1, -0.05) is 6.07 Å². The number of nitrogens with one attached hydrogen (secondary N) is 1. The molecule has 0 unspecified atom stereocenters. The van der Waals surface area contributed by atoms with E-state index in [0.29, 0.717) is 43.2 Å². The molecule has 2 aromatic rings. The molecular formula is C18H21N3O4S. The molecule has 1 heterocycles. The average Bonchev–Trinajstić information content (AvgIpc) is 2.65. The van der Waals surface area contributed by atoms with Gasteiger partial charge in [0.15, 0.2) is 0 Å². The lowest BCUT2D eigenvalue weighted by Gasteiger charge is -2.26. The Hall–Kier alpha value is -2.42. The molecule has 26 heavy (non-hydrogen) atoms. The Morgan fingerprint density at radius 1 is 1.12 bits per heavy atom. The number of nitrogens with two attached hydrogens (primary N) is 1. The molecule has 3 rings (SSSR count). The van der Waals surface area contributed by atoms with E-state index in [1.54, 1.807) is 12.1 Å². The van der Waals surface area contributed by atoms with E-state index >= 15 is 0 Å². The standard InChI is InChI=1S/C18H21N3O4S/c1-13-2-5-15(12-17(13)19)20-18(22)14-3-6-16(7-4-14)26(23,24)21-8-10-25-11-9-21/h2-7,12H,8-11,19H2,1H3,(H,20,22). The van der Waals surface area contributed by atoms with Crippen molar-refractivity contribution in [2.24, 2.45) is 0 Å². The number of carbonyl (C=O) groups is 1. The molecule has 1 amide bonds. The second kappa shape index (κ2) is 7.45. The number of sulfonamides is 1. The number of carbonyl (C=O) groups excluding carboxylic acids is 1. The minimum Gasteiger partial charge on any atom is -0.398 e. The molecule has 1 saturated heterocycles. The molecule has 0 spiro atoms. The first-order valence-electron chi connectivity index (χ1n) is 8.23. The monoisotopic (exact) mass is 375 g/mol. The number of amides is 1. The van der Waals surface area contributed by atoms with Gasteiger partial charge in [-0.15, -0.1) is 0 Å². The molecule has 0 bridgehead atoms. The Morgan fingerprint density at radius 3 is 2.38 bits per heavy atom. The molecule has 0 saturated carbocycles. The molecule has 2 aromatic carbocycles. The summed E-state index contributed by atoms with van der Waals surface area (Å²) in [4.78, 5) is 12.5. The molecule has 138 valence electrons. The molecule has 1 fully saturated rings. The second-order valence-corrected chi connectivity index (χ2v) is 8.00. The van der Waals surface area contributed by atoms with Gasteiger partial charge in [0, 0.05) is 30.0 Å². The number of anilines is 2. The van der Waals surface area contributed by atoms with Gasteiger partial charge in [-0.2, -0.15) is 4.31 Å². The van der Waals surface area contributed by atoms with Gasteiger partial charge in [-0.3, -0.25) is 4.79 Å². The van der Waals surface area contributed by atoms with E-state index in [1.807, 2.05) is 13.0 Å². The van der Waals surface area contributed by atoms with Gasteiger partial charge in [0.2, 0.25) is 10.0 Å². The van der Waals surface area contributed by atoms with Crippen molar-refractivity contribution in [3.8, 4) is 0 Å². The van der Waals surface area contributed by atoms with Crippen LogP contribution in [0, 0.1) is 6.92 Å². The second-order valence-electron chi connectivity index (χ2n) is 6.07. The molecule has 0 radical (unpaired) electrons. The Labute approximate surface area is 152 Å². The SMILES string of the molecule is Cc1ccc(NC(=O)c2ccc(S(=O)(=O)N3CCOCC3)cc2)cc1N. The molecule has 1 aliphatic rings. The van der Waals surface area contributed by atoms with Gasteiger partial charge in [-0.05, 0) is 48.9 Å². The van der Waals surface area contributed by atoms with E-state index in [1.165, 1.54) is 28.6 Å². The third kappa shape index (κ3) is 3.87. The zero-order chi connectivity index (χ0) is 18.7. The highest BCUT2D eigenvalue weighted by Crippen LogP contribution is 2.20. The van der Waals surface area contributed by atoms with Crippen molar-refractivity contribution in [2.45, 2.75) is 11.8 Å². The van der Waals surface area contributed by atoms with Gasteiger partial charge >= 0.3 is 0 Å². The Morgan fingerprint density at radius 2 is 1.77 bits per heavy atom. The highest BCUT2D eigenvalue weighted by atomic mass is 32.2. The van der Waals surface area contributed by atoms with Crippen LogP contribution < -0.4 is 11.1 Å². The van der Waals surface area contributed by atoms with Crippen molar-refractivity contribution < 1.29 is 17.9 Å². The van der Waals surface area contributed by atoms with Gasteiger partial charge in [0.05, 0.1) is 18.1 Å². The van der Waals surface area contributed by atoms with Crippen LogP contribution in [0.4, 0.5) is 11.4 Å². The highest BCUT2D eigenvalue weighted by molar-refractivity contribution is 7.89. The molecule has 1 aliphatic heterocycles. The smallest absolute Gasteiger partial charge is 0.255 e. The molecule has 0 atom stereocenters. The summed E-state index contributed by atoms with van der Waals surface area (Å²) < 4.78 is 31.7. The number of nitrogen functional groups attached to an aromatic ring is 1. The zero-order valence-corrected chi connectivity index (χ0v) is 15.3. The zero-order valence-electron chi connectivity index (χ0n) is 14.4. The lowest BCUT2D eigenvalue weighted by Crippen LogP contribution is -2.40. The predicted molar refractivity (Wildman–Crippen MR) is 99.6 cm³/mol. The lowest BCUT2D eigenvalue weighted by atomic mass is 10.1. The number of aryl methyl sites for hydroxylation is 1. The Bertz CT molecular complexity index is 905. The minimum absolute atomic E-state index is 0.163. The van der Waals surface area contributed by atoms with E-state index < -0.39 is 10.0 Å². The maximum absolute atomic E-state index is 12.6. The number of ether oxygens (including phenoxy) is 1. The molecule has 3 N–H and O–H groups in total. The predicted octanol–water partition coefficient (Wildman–Crippen LogP) is 1.85. The van der Waals surface area contributed by atoms with Gasteiger partial charge in [0.25, 0.3) is 5.91 Å². The number of rotatable bonds is 4. The fraction of sp³-hybridized carbons (Fsp3) is 0.278. The molecule has 0 aromatic heterocycles. The van der Waals surface area contributed by atoms with Crippen molar-refractivity contribution in [2.75, 3.05) is 37.4 Å². The van der Waals surface area contributed by atoms with E-state index in [9.17, 15) is 13.2 Å². The van der Waals surface area contributed by atoms with Crippen LogP contribution in [-0.2, 0) is 14.8 Å². The summed E-state index contributed by atoms with van der Waals surface area (Å²) in [6.07, 6.45) is 0. The third-order valence-electron chi connectivity index (χ3n) is 4.26. The number of hydrogen-bond donors (Lipinski definition) is 2. The first-order valence-corrected chi connectivity index (χ1v) is 9.67. The van der Waals surface area contributed by atoms with Crippen LogP contribution in [0.3, 0.4) is 0 Å². The quantitative estimate of drug-likeness (QED) is 0.794. The summed E-state index contributed by atoms with van der Waals surface area (Å²) in [7, 11) is -3.57. The summed E-state index contributed by atoms with van der Waals surface area (Å²) >= 11 is 0. The van der Waals surface area contributed by atoms with Crippen LogP contribution in [0.15, 0.2) is 47.4 Å². The van der Waals surface area contributed by atoms with E-state index in [4.69, 9.17) is 10.5 Å². The summed E-state index contributed by atoms with van der Waals surface area (Å²) in [6, 6.07) is 11.2. The van der Waals surface area contributed by atoms with Gasteiger partial charge in [0.1, 0.15) is 0 Å². The summed E-state index contributed by atoms with van der Waals surface area (Å²) in [5.74, 6) is -0.330. The maximum atomic E-state index is 12.6. The molecular weight excluding hydrogens is 354 g/mol. The largest absolute Gasteiger partial charge is 0.398 e. The first kappa shape index (κ1) is 18.4. The Balaban J connectivity index is 1.74. The number of nitrogens with zero attached hydrogens (tertiary/aromatic N) is 1. The average molecular weight is 375 g/mol. The third-order valence-corrected chi connectivity index (χ3v) is 6.17. The normalized spacial score (nSPS) is 15.6. The number of morpholine rings is 1. The van der Waals surface area contributed by atoms with E-state index in [0.717, 1.165) is 5.56 Å². The van der Waals surface area contributed by atoms with Crippen LogP contribution in [0.1, 0.15) is 15.9 Å². The molecule has 0 aliphatic carbocycles. The summed E-state index contributed by atoms with van der Waals surface area (Å²) in [5.41, 5.74) is 8.32. The van der Waals surface area contributed by atoms with Crippen molar-refractivity contribution in [3.05, 3.63) is 53.6 Å². The summed E-state index contributed by atoms with van der Waals surface area (Å²) in [6.45, 7) is 3.33. The van der Waals surface area contributed by atoms with Crippen molar-refractivity contribution in [1.29, 1.82) is 0 Å². The van der Waals surface area contributed by atoms with E-state index in [-0.39, 0.29) is 10.8 Å². The topological polar surface area (TPSA) is 102 Å². The van der Waals surface area contributed by atoms with Crippen LogP contribution in [0.2, 0.25) is 0 Å². The van der Waals surface area contributed by atoms with Crippen molar-refractivity contribution in [3.63, 3.8) is 0 Å². The maximum Gasteiger partial charge on any atom is 0.255 e. The van der Waals surface area contributed by atoms with Gasteiger partial charge < -0.3 is 15.8 Å². The van der Waals surface area contributed by atoms with Crippen LogP contribution in [0.5, 0.6) is 0 Å². The van der Waals surface area contributed by atoms with Crippen molar-refractivity contribution in [1.82, 2.24) is 4.31 Å². The van der Waals surface area contributed by atoms with Gasteiger partial charge in [-0.25, -0.2) is 8.42 Å². The molecule has 8 heteroatoms. The van der Waals surface area contributed by atoms with Crippen LogP contribution in [-0.4, -0.2) is 44.9 Å².